The molecule has 1 atom stereocenters. The summed E-state index contributed by atoms with van der Waals surface area (Å²) in [7, 11) is 0. The second-order valence-electron chi connectivity index (χ2n) is 3.13. The van der Waals surface area contributed by atoms with Crippen LogP contribution in [0, 0.1) is 0 Å². The number of guanidine groups is 1. The lowest BCUT2D eigenvalue weighted by Crippen LogP contribution is -2.38. The van der Waals surface area contributed by atoms with Gasteiger partial charge in [-0.05, 0) is 6.42 Å². The summed E-state index contributed by atoms with van der Waals surface area (Å²) in [6.45, 7) is 3.93. The zero-order chi connectivity index (χ0) is 7.68. The van der Waals surface area contributed by atoms with Crippen LogP contribution < -0.4 is 11.1 Å². The van der Waals surface area contributed by atoms with Gasteiger partial charge in [0.25, 0.3) is 0 Å². The van der Waals surface area contributed by atoms with E-state index in [1.165, 1.54) is 0 Å². The van der Waals surface area contributed by atoms with E-state index >= 15 is 0 Å². The second kappa shape index (κ2) is 2.70. The Morgan fingerprint density at radius 2 is 2.55 bits per heavy atom. The molecule has 2 heterocycles. The number of rotatable bonds is 0. The number of nitrogens with zero attached hydrogens (tertiary/aromatic N) is 2. The standard InChI is InChI=1S/C7H14N4/c8-6-1-4-11(5-6)7-9-2-3-10-7/h6H,1-5,8H2,(H,9,10)/t6-/m0/s1. The summed E-state index contributed by atoms with van der Waals surface area (Å²) in [4.78, 5) is 6.56. The van der Waals surface area contributed by atoms with E-state index in [0.717, 1.165) is 38.6 Å². The molecule has 3 N–H and O–H groups in total. The number of hydrogen-bond acceptors (Lipinski definition) is 4. The van der Waals surface area contributed by atoms with Crippen molar-refractivity contribution >= 4 is 5.96 Å². The van der Waals surface area contributed by atoms with Gasteiger partial charge in [0.1, 0.15) is 0 Å². The molecule has 2 aliphatic heterocycles. The van der Waals surface area contributed by atoms with Crippen LogP contribution in [0.3, 0.4) is 0 Å². The summed E-state index contributed by atoms with van der Waals surface area (Å²) in [6, 6.07) is 0.347. The molecule has 0 radical (unpaired) electrons. The molecule has 0 amide bonds. The van der Waals surface area contributed by atoms with E-state index in [2.05, 4.69) is 15.2 Å². The Labute approximate surface area is 66.5 Å². The molecule has 0 unspecified atom stereocenters. The first-order valence-corrected chi connectivity index (χ1v) is 4.15. The Kier molecular flexibility index (Phi) is 1.69. The summed E-state index contributed by atoms with van der Waals surface area (Å²) in [5, 5.41) is 3.24. The second-order valence-corrected chi connectivity index (χ2v) is 3.13. The van der Waals surface area contributed by atoms with Crippen LogP contribution in [0.2, 0.25) is 0 Å². The quantitative estimate of drug-likeness (QED) is 0.469. The monoisotopic (exact) mass is 154 g/mol. The Hall–Kier alpha value is -0.770. The average molecular weight is 154 g/mol. The van der Waals surface area contributed by atoms with Crippen molar-refractivity contribution in [3.63, 3.8) is 0 Å². The Balaban J connectivity index is 1.95. The zero-order valence-corrected chi connectivity index (χ0v) is 6.58. The fourth-order valence-corrected chi connectivity index (χ4v) is 1.58. The van der Waals surface area contributed by atoms with E-state index in [1.807, 2.05) is 0 Å². The lowest BCUT2D eigenvalue weighted by Gasteiger charge is -2.17. The molecule has 11 heavy (non-hydrogen) atoms. The van der Waals surface area contributed by atoms with Crippen LogP contribution in [0.5, 0.6) is 0 Å². The van der Waals surface area contributed by atoms with Gasteiger partial charge in [-0.1, -0.05) is 0 Å². The van der Waals surface area contributed by atoms with Crippen LogP contribution in [0.15, 0.2) is 4.99 Å². The van der Waals surface area contributed by atoms with E-state index in [-0.39, 0.29) is 0 Å². The maximum Gasteiger partial charge on any atom is 0.194 e. The molecule has 62 valence electrons. The third-order valence-electron chi connectivity index (χ3n) is 2.18. The van der Waals surface area contributed by atoms with Gasteiger partial charge in [0.15, 0.2) is 5.96 Å². The molecule has 0 saturated carbocycles. The minimum atomic E-state index is 0.347. The van der Waals surface area contributed by atoms with Crippen molar-refractivity contribution in [1.29, 1.82) is 0 Å². The van der Waals surface area contributed by atoms with E-state index in [0.29, 0.717) is 6.04 Å². The van der Waals surface area contributed by atoms with Crippen LogP contribution in [-0.4, -0.2) is 43.1 Å². The lowest BCUT2D eigenvalue weighted by molar-refractivity contribution is 0.495. The highest BCUT2D eigenvalue weighted by Gasteiger charge is 2.22. The van der Waals surface area contributed by atoms with E-state index < -0.39 is 0 Å². The van der Waals surface area contributed by atoms with Gasteiger partial charge in [-0.3, -0.25) is 4.99 Å². The fourth-order valence-electron chi connectivity index (χ4n) is 1.58. The van der Waals surface area contributed by atoms with E-state index in [1.54, 1.807) is 0 Å². The minimum Gasteiger partial charge on any atom is -0.354 e. The van der Waals surface area contributed by atoms with Crippen molar-refractivity contribution in [2.24, 2.45) is 10.7 Å². The number of hydrogen-bond donors (Lipinski definition) is 2. The Morgan fingerprint density at radius 3 is 3.09 bits per heavy atom. The van der Waals surface area contributed by atoms with Crippen LogP contribution in [0.4, 0.5) is 0 Å². The number of likely N-dealkylation sites (tertiary alicyclic amines) is 1. The van der Waals surface area contributed by atoms with Crippen LogP contribution in [0.25, 0.3) is 0 Å². The summed E-state index contributed by atoms with van der Waals surface area (Å²) >= 11 is 0. The van der Waals surface area contributed by atoms with Crippen molar-refractivity contribution in [2.45, 2.75) is 12.5 Å². The SMILES string of the molecule is N[C@H]1CCN(C2=NCCN2)C1. The molecule has 0 aromatic carbocycles. The van der Waals surface area contributed by atoms with Crippen molar-refractivity contribution in [1.82, 2.24) is 10.2 Å². The topological polar surface area (TPSA) is 53.6 Å². The number of nitrogens with two attached hydrogens (primary N) is 1. The van der Waals surface area contributed by atoms with Crippen molar-refractivity contribution in [2.75, 3.05) is 26.2 Å². The van der Waals surface area contributed by atoms with Crippen molar-refractivity contribution in [3.8, 4) is 0 Å². The van der Waals surface area contributed by atoms with Gasteiger partial charge in [-0.2, -0.15) is 0 Å². The third-order valence-corrected chi connectivity index (χ3v) is 2.18. The van der Waals surface area contributed by atoms with Crippen molar-refractivity contribution < 1.29 is 0 Å². The highest BCUT2D eigenvalue weighted by molar-refractivity contribution is 5.81. The molecule has 2 aliphatic rings. The summed E-state index contributed by atoms with van der Waals surface area (Å²) in [5.74, 6) is 1.05. The fraction of sp³-hybridized carbons (Fsp3) is 0.857. The summed E-state index contributed by atoms with van der Waals surface area (Å²) < 4.78 is 0. The first-order valence-electron chi connectivity index (χ1n) is 4.15. The molecule has 2 rings (SSSR count). The highest BCUT2D eigenvalue weighted by Crippen LogP contribution is 2.07. The van der Waals surface area contributed by atoms with Crippen LogP contribution in [0.1, 0.15) is 6.42 Å². The highest BCUT2D eigenvalue weighted by atomic mass is 15.3. The number of aliphatic imine (C=N–C) groups is 1. The molecule has 4 nitrogen and oxygen atoms in total. The first kappa shape index (κ1) is 6.91. The van der Waals surface area contributed by atoms with Gasteiger partial charge in [0.2, 0.25) is 0 Å². The Bertz CT molecular complexity index is 177. The summed E-state index contributed by atoms with van der Waals surface area (Å²) in [6.07, 6.45) is 1.10. The molecule has 0 aromatic rings. The smallest absolute Gasteiger partial charge is 0.194 e. The molecule has 0 aromatic heterocycles. The predicted molar refractivity (Wildman–Crippen MR) is 44.5 cm³/mol. The van der Waals surface area contributed by atoms with Gasteiger partial charge in [0, 0.05) is 25.7 Å². The van der Waals surface area contributed by atoms with Gasteiger partial charge < -0.3 is 16.0 Å². The molecule has 0 aliphatic carbocycles. The van der Waals surface area contributed by atoms with Gasteiger partial charge in [0.05, 0.1) is 6.54 Å². The van der Waals surface area contributed by atoms with Gasteiger partial charge >= 0.3 is 0 Å². The molecule has 1 saturated heterocycles. The molecule has 0 bridgehead atoms. The molecule has 1 fully saturated rings. The average Bonchev–Trinajstić information content (AvgIpc) is 2.55. The van der Waals surface area contributed by atoms with Crippen LogP contribution >= 0.6 is 0 Å². The van der Waals surface area contributed by atoms with Gasteiger partial charge in [-0.25, -0.2) is 0 Å². The summed E-state index contributed by atoms with van der Waals surface area (Å²) in [5.41, 5.74) is 5.77. The van der Waals surface area contributed by atoms with Crippen molar-refractivity contribution in [3.05, 3.63) is 0 Å². The predicted octanol–water partition coefficient (Wildman–Crippen LogP) is -1.02. The van der Waals surface area contributed by atoms with E-state index in [4.69, 9.17) is 5.73 Å². The minimum absolute atomic E-state index is 0.347. The molecule has 4 heteroatoms. The lowest BCUT2D eigenvalue weighted by atomic mass is 10.3. The first-order chi connectivity index (χ1) is 5.36. The normalized spacial score (nSPS) is 30.5. The maximum atomic E-state index is 5.77. The van der Waals surface area contributed by atoms with Crippen LogP contribution in [-0.2, 0) is 0 Å². The van der Waals surface area contributed by atoms with Gasteiger partial charge in [-0.15, -0.1) is 0 Å². The molecule has 0 spiro atoms. The largest absolute Gasteiger partial charge is 0.354 e. The zero-order valence-electron chi connectivity index (χ0n) is 6.58. The van der Waals surface area contributed by atoms with E-state index in [9.17, 15) is 0 Å². The maximum absolute atomic E-state index is 5.77. The molecular formula is C7H14N4. The Morgan fingerprint density at radius 1 is 1.64 bits per heavy atom. The third kappa shape index (κ3) is 1.30. The molecular weight excluding hydrogens is 140 g/mol. The number of nitrogens with one attached hydrogen (secondary N) is 1.